The number of fused-ring (bicyclic) bond motifs is 1. The third kappa shape index (κ3) is 11.1. The van der Waals surface area contributed by atoms with Crippen LogP contribution < -0.4 is 5.73 Å². The maximum absolute atomic E-state index is 13.1. The number of hydrogen-bond donors (Lipinski definition) is 2. The third-order valence-corrected chi connectivity index (χ3v) is 6.51. The van der Waals surface area contributed by atoms with E-state index in [1.54, 1.807) is 0 Å². The Morgan fingerprint density at radius 1 is 1.13 bits per heavy atom. The molecule has 31 heavy (non-hydrogen) atoms. The number of carbonyl (C=O) groups is 2. The summed E-state index contributed by atoms with van der Waals surface area (Å²) in [4.78, 5) is 41.1. The summed E-state index contributed by atoms with van der Waals surface area (Å²) in [7, 11) is 0. The van der Waals surface area contributed by atoms with Crippen LogP contribution in [0.3, 0.4) is 0 Å². The predicted molar refractivity (Wildman–Crippen MR) is 121 cm³/mol. The van der Waals surface area contributed by atoms with E-state index in [1.807, 2.05) is 27.7 Å². The summed E-state index contributed by atoms with van der Waals surface area (Å²) in [5.41, 5.74) is 5.35. The first-order valence-electron chi connectivity index (χ1n) is 12.0. The molecule has 2 rings (SSSR count). The van der Waals surface area contributed by atoms with E-state index in [0.717, 1.165) is 38.5 Å². The van der Waals surface area contributed by atoms with Crippen LogP contribution in [0.1, 0.15) is 99.3 Å². The summed E-state index contributed by atoms with van der Waals surface area (Å²) in [5.74, 6) is 0.294. The molecule has 0 saturated heterocycles. The van der Waals surface area contributed by atoms with Crippen molar-refractivity contribution >= 4 is 17.9 Å². The molecular formula is C25H45NO5. The Bertz CT molecular complexity index is 571. The molecule has 2 fully saturated rings. The summed E-state index contributed by atoms with van der Waals surface area (Å²) in [6.45, 7) is 12.3. The average Bonchev–Trinajstić information content (AvgIpc) is 3.06. The van der Waals surface area contributed by atoms with E-state index in [-0.39, 0.29) is 29.3 Å². The lowest BCUT2D eigenvalue weighted by atomic mass is 9.73. The van der Waals surface area contributed by atoms with Gasteiger partial charge in [-0.25, -0.2) is 0 Å². The third-order valence-electron chi connectivity index (χ3n) is 6.51. The number of carboxylic acid groups (broad SMARTS) is 1. The van der Waals surface area contributed by atoms with Gasteiger partial charge in [0.2, 0.25) is 0 Å². The molecule has 0 radical (unpaired) electrons. The van der Waals surface area contributed by atoms with E-state index in [0.29, 0.717) is 17.8 Å². The molecule has 0 aromatic heterocycles. The molecule has 180 valence electrons. The fraction of sp³-hybridized carbons (Fsp3) is 0.880. The molecular weight excluding hydrogens is 394 g/mol. The van der Waals surface area contributed by atoms with Crippen LogP contribution in [0.25, 0.3) is 0 Å². The molecule has 2 saturated carbocycles. The van der Waals surface area contributed by atoms with Gasteiger partial charge in [-0.2, -0.15) is 9.59 Å². The number of carboxylic acids is 1. The zero-order chi connectivity index (χ0) is 24.2. The Kier molecular flexibility index (Phi) is 13.8. The molecule has 0 bridgehead atoms. The van der Waals surface area contributed by atoms with Crippen molar-refractivity contribution in [2.75, 3.05) is 0 Å². The number of rotatable bonds is 8. The normalized spacial score (nSPS) is 26.7. The summed E-state index contributed by atoms with van der Waals surface area (Å²) in [6.07, 6.45) is 9.92. The molecule has 1 unspecified atom stereocenters. The highest BCUT2D eigenvalue weighted by atomic mass is 16.4. The van der Waals surface area contributed by atoms with Crippen molar-refractivity contribution < 1.29 is 24.3 Å². The average molecular weight is 440 g/mol. The van der Waals surface area contributed by atoms with Gasteiger partial charge >= 0.3 is 12.1 Å². The second kappa shape index (κ2) is 14.5. The maximum Gasteiger partial charge on any atom is 0.373 e. The standard InChI is InChI=1S/C20H34O3.C4H11N.CO2/c1-4-8-14(5-2)11-13(3)19(21)18-16-10-7-6-9-15(16)12-17(18)20(22)23;1-4(2,3)5;2-1-3/h13-18H,4-12H2,1-3H3,(H,22,23);5H2,1-3H3;/t13-,14-,15+,16+,17-,18?;;/m1../s1. The Morgan fingerprint density at radius 3 is 2.10 bits per heavy atom. The largest absolute Gasteiger partial charge is 0.481 e. The fourth-order valence-corrected chi connectivity index (χ4v) is 5.28. The smallest absolute Gasteiger partial charge is 0.373 e. The first-order chi connectivity index (χ1) is 14.4. The van der Waals surface area contributed by atoms with Crippen molar-refractivity contribution in [2.45, 2.75) is 105 Å². The van der Waals surface area contributed by atoms with E-state index < -0.39 is 11.9 Å². The zero-order valence-corrected chi connectivity index (χ0v) is 20.5. The predicted octanol–water partition coefficient (Wildman–Crippen LogP) is 5.10. The van der Waals surface area contributed by atoms with Crippen molar-refractivity contribution in [1.29, 1.82) is 0 Å². The molecule has 0 spiro atoms. The van der Waals surface area contributed by atoms with E-state index in [9.17, 15) is 14.7 Å². The molecule has 3 N–H and O–H groups in total. The Balaban J connectivity index is 0.000000968. The molecule has 6 nitrogen and oxygen atoms in total. The molecule has 0 aromatic rings. The number of hydrogen-bond acceptors (Lipinski definition) is 5. The van der Waals surface area contributed by atoms with Gasteiger partial charge < -0.3 is 10.8 Å². The van der Waals surface area contributed by atoms with Gasteiger partial charge in [0.25, 0.3) is 0 Å². The van der Waals surface area contributed by atoms with Gasteiger partial charge in [-0.05, 0) is 57.8 Å². The molecule has 6 heteroatoms. The highest BCUT2D eigenvalue weighted by Gasteiger charge is 2.50. The summed E-state index contributed by atoms with van der Waals surface area (Å²) < 4.78 is 0. The molecule has 2 aliphatic rings. The van der Waals surface area contributed by atoms with Crippen LogP contribution in [0.15, 0.2) is 0 Å². The van der Waals surface area contributed by atoms with Crippen LogP contribution in [0, 0.1) is 35.5 Å². The van der Waals surface area contributed by atoms with Gasteiger partial charge in [0.1, 0.15) is 5.78 Å². The lowest BCUT2D eigenvalue weighted by Gasteiger charge is -2.31. The highest BCUT2D eigenvalue weighted by molar-refractivity contribution is 5.88. The van der Waals surface area contributed by atoms with Crippen LogP contribution in [0.2, 0.25) is 0 Å². The molecule has 6 atom stereocenters. The van der Waals surface area contributed by atoms with Crippen molar-refractivity contribution in [2.24, 2.45) is 41.2 Å². The van der Waals surface area contributed by atoms with Crippen LogP contribution in [-0.2, 0) is 19.2 Å². The monoisotopic (exact) mass is 439 g/mol. The van der Waals surface area contributed by atoms with E-state index in [4.69, 9.17) is 15.3 Å². The summed E-state index contributed by atoms with van der Waals surface area (Å²) >= 11 is 0. The highest BCUT2D eigenvalue weighted by Crippen LogP contribution is 2.50. The fourth-order valence-electron chi connectivity index (χ4n) is 5.28. The second-order valence-electron chi connectivity index (χ2n) is 10.5. The van der Waals surface area contributed by atoms with Gasteiger partial charge in [-0.1, -0.05) is 59.3 Å². The van der Waals surface area contributed by atoms with E-state index in [2.05, 4.69) is 13.8 Å². The minimum atomic E-state index is -0.745. The van der Waals surface area contributed by atoms with Crippen LogP contribution >= 0.6 is 0 Å². The van der Waals surface area contributed by atoms with Crippen molar-refractivity contribution in [3.8, 4) is 0 Å². The number of carbonyl (C=O) groups excluding carboxylic acids is 3. The topological polar surface area (TPSA) is 115 Å². The molecule has 2 aliphatic carbocycles. The van der Waals surface area contributed by atoms with E-state index in [1.165, 1.54) is 19.3 Å². The minimum Gasteiger partial charge on any atom is -0.481 e. The maximum atomic E-state index is 13.1. The van der Waals surface area contributed by atoms with Crippen molar-refractivity contribution in [3.05, 3.63) is 0 Å². The summed E-state index contributed by atoms with van der Waals surface area (Å²) in [5, 5.41) is 9.62. The summed E-state index contributed by atoms with van der Waals surface area (Å²) in [6, 6.07) is 0. The van der Waals surface area contributed by atoms with Crippen molar-refractivity contribution in [3.63, 3.8) is 0 Å². The van der Waals surface area contributed by atoms with Crippen LogP contribution in [-0.4, -0.2) is 28.5 Å². The zero-order valence-electron chi connectivity index (χ0n) is 20.5. The Morgan fingerprint density at radius 2 is 1.65 bits per heavy atom. The van der Waals surface area contributed by atoms with Gasteiger partial charge in [0, 0.05) is 17.4 Å². The van der Waals surface area contributed by atoms with Crippen LogP contribution in [0.5, 0.6) is 0 Å². The Hall–Kier alpha value is -1.52. The molecule has 0 aliphatic heterocycles. The number of ketones is 1. The number of Topliss-reactive ketones (excluding diaryl/α,β-unsaturated/α-hetero) is 1. The van der Waals surface area contributed by atoms with Gasteiger partial charge in [-0.15, -0.1) is 0 Å². The van der Waals surface area contributed by atoms with Crippen molar-refractivity contribution in [1.82, 2.24) is 0 Å². The number of aliphatic carboxylic acids is 1. The van der Waals surface area contributed by atoms with Gasteiger partial charge in [0.15, 0.2) is 0 Å². The first-order valence-corrected chi connectivity index (χ1v) is 12.0. The first kappa shape index (κ1) is 29.5. The number of nitrogens with two attached hydrogens (primary N) is 1. The SMILES string of the molecule is CC(C)(C)N.CCC[C@@H](CC)C[C@@H](C)C(=O)C1[C@H]2CCCC[C@H]2C[C@H]1C(=O)O.O=C=O. The van der Waals surface area contributed by atoms with Crippen LogP contribution in [0.4, 0.5) is 0 Å². The minimum absolute atomic E-state index is 0. The Labute approximate surface area is 188 Å². The lowest BCUT2D eigenvalue weighted by molar-refractivity contribution is -0.191. The molecule has 0 amide bonds. The second-order valence-corrected chi connectivity index (χ2v) is 10.5. The lowest BCUT2D eigenvalue weighted by Crippen LogP contribution is -2.35. The van der Waals surface area contributed by atoms with Gasteiger partial charge in [-0.3, -0.25) is 9.59 Å². The molecule has 0 heterocycles. The van der Waals surface area contributed by atoms with E-state index >= 15 is 0 Å². The van der Waals surface area contributed by atoms with Gasteiger partial charge in [0.05, 0.1) is 5.92 Å². The molecule has 0 aromatic carbocycles. The quantitative estimate of drug-likeness (QED) is 0.544.